The molecule has 5 rings (SSSR count). The number of rotatable bonds is 4. The van der Waals surface area contributed by atoms with Crippen LogP contribution in [0.5, 0.6) is 5.75 Å². The molecule has 3 heterocycles. The van der Waals surface area contributed by atoms with Gasteiger partial charge in [-0.15, -0.1) is 0 Å². The maximum atomic E-state index is 13.7. The van der Waals surface area contributed by atoms with Crippen molar-refractivity contribution in [2.24, 2.45) is 0 Å². The fourth-order valence-electron chi connectivity index (χ4n) is 4.37. The maximum absolute atomic E-state index is 13.7. The van der Waals surface area contributed by atoms with Gasteiger partial charge in [0.25, 0.3) is 5.91 Å². The summed E-state index contributed by atoms with van der Waals surface area (Å²) in [5.41, 5.74) is 4.96. The van der Waals surface area contributed by atoms with Gasteiger partial charge in [-0.2, -0.15) is 0 Å². The Morgan fingerprint density at radius 3 is 2.47 bits per heavy atom. The van der Waals surface area contributed by atoms with E-state index in [1.165, 1.54) is 0 Å². The summed E-state index contributed by atoms with van der Waals surface area (Å²) in [7, 11) is 1.66. The lowest BCUT2D eigenvalue weighted by molar-refractivity contribution is 0.0748. The van der Waals surface area contributed by atoms with Crippen LogP contribution in [-0.4, -0.2) is 54.1 Å². The third-order valence-electron chi connectivity index (χ3n) is 6.36. The molecule has 0 atom stereocenters. The molecule has 172 valence electrons. The number of benzene rings is 2. The van der Waals surface area contributed by atoms with Crippen LogP contribution in [0.1, 0.15) is 15.9 Å². The quantitative estimate of drug-likeness (QED) is 0.407. The number of aryl methyl sites for hydroxylation is 1. The van der Waals surface area contributed by atoms with Crippen LogP contribution in [0.4, 0.5) is 5.69 Å². The zero-order chi connectivity index (χ0) is 23.7. The lowest BCUT2D eigenvalue weighted by atomic mass is 10.0. The highest BCUT2D eigenvalue weighted by Crippen LogP contribution is 2.31. The van der Waals surface area contributed by atoms with Crippen molar-refractivity contribution in [1.82, 2.24) is 14.9 Å². The molecule has 6 nitrogen and oxygen atoms in total. The van der Waals surface area contributed by atoms with E-state index in [-0.39, 0.29) is 5.91 Å². The molecular formula is C27H25ClN4O2. The zero-order valence-corrected chi connectivity index (χ0v) is 19.9. The third-order valence-corrected chi connectivity index (χ3v) is 6.77. The molecule has 1 amide bonds. The number of hydrogen-bond donors (Lipinski definition) is 0. The first-order valence-corrected chi connectivity index (χ1v) is 11.6. The number of aromatic nitrogens is 2. The van der Waals surface area contributed by atoms with E-state index in [1.54, 1.807) is 19.5 Å². The summed E-state index contributed by atoms with van der Waals surface area (Å²) in [5.74, 6) is 0.843. The second-order valence-electron chi connectivity index (χ2n) is 8.34. The van der Waals surface area contributed by atoms with Crippen molar-refractivity contribution in [1.29, 1.82) is 0 Å². The molecular weight excluding hydrogens is 448 g/mol. The van der Waals surface area contributed by atoms with Gasteiger partial charge < -0.3 is 14.5 Å². The van der Waals surface area contributed by atoms with E-state index in [1.807, 2.05) is 54.3 Å². The van der Waals surface area contributed by atoms with Crippen LogP contribution in [0.25, 0.3) is 22.2 Å². The lowest BCUT2D eigenvalue weighted by Gasteiger charge is -2.36. The minimum atomic E-state index is 0.00800. The summed E-state index contributed by atoms with van der Waals surface area (Å²) in [6.45, 7) is 4.75. The Hall–Kier alpha value is -3.64. The number of carbonyl (C=O) groups excluding carboxylic acids is 1. The van der Waals surface area contributed by atoms with Crippen LogP contribution in [0.2, 0.25) is 5.02 Å². The first kappa shape index (κ1) is 22.2. The molecule has 1 saturated heterocycles. The van der Waals surface area contributed by atoms with Crippen LogP contribution in [0.3, 0.4) is 0 Å². The van der Waals surface area contributed by atoms with Crippen molar-refractivity contribution in [3.63, 3.8) is 0 Å². The van der Waals surface area contributed by atoms with Crippen LogP contribution < -0.4 is 9.64 Å². The Bertz CT molecular complexity index is 1330. The number of carbonyl (C=O) groups is 1. The number of methoxy groups -OCH3 is 1. The van der Waals surface area contributed by atoms with Crippen molar-refractivity contribution in [3.05, 3.63) is 83.1 Å². The smallest absolute Gasteiger partial charge is 0.254 e. The van der Waals surface area contributed by atoms with Gasteiger partial charge in [-0.05, 0) is 61.0 Å². The van der Waals surface area contributed by atoms with Crippen LogP contribution in [0.15, 0.2) is 67.0 Å². The number of halogens is 1. The van der Waals surface area contributed by atoms with Gasteiger partial charge in [0.05, 0.1) is 23.9 Å². The van der Waals surface area contributed by atoms with E-state index in [9.17, 15) is 4.79 Å². The number of pyridine rings is 2. The molecule has 34 heavy (non-hydrogen) atoms. The molecule has 0 aliphatic carbocycles. The SMILES string of the molecule is COc1ccc(N2CCN(C(=O)c3cc(-c4cccnc4)nc4c(C)c(Cl)ccc34)CC2)cc1. The summed E-state index contributed by atoms with van der Waals surface area (Å²) < 4.78 is 5.26. The summed E-state index contributed by atoms with van der Waals surface area (Å²) >= 11 is 6.40. The summed E-state index contributed by atoms with van der Waals surface area (Å²) in [5, 5.41) is 1.45. The van der Waals surface area contributed by atoms with Crippen LogP contribution >= 0.6 is 11.6 Å². The Morgan fingerprint density at radius 2 is 1.79 bits per heavy atom. The number of piperazine rings is 1. The largest absolute Gasteiger partial charge is 0.497 e. The number of anilines is 1. The van der Waals surface area contributed by atoms with Gasteiger partial charge in [0.2, 0.25) is 0 Å². The average molecular weight is 473 g/mol. The predicted molar refractivity (Wildman–Crippen MR) is 136 cm³/mol. The highest BCUT2D eigenvalue weighted by Gasteiger charge is 2.25. The summed E-state index contributed by atoms with van der Waals surface area (Å²) in [6, 6.07) is 17.5. The van der Waals surface area contributed by atoms with E-state index in [0.717, 1.165) is 46.6 Å². The molecule has 0 spiro atoms. The monoisotopic (exact) mass is 472 g/mol. The molecule has 4 aromatic rings. The Labute approximate surface area is 203 Å². The van der Waals surface area contributed by atoms with Crippen molar-refractivity contribution >= 4 is 34.1 Å². The minimum absolute atomic E-state index is 0.00800. The number of hydrogen-bond acceptors (Lipinski definition) is 5. The molecule has 0 bridgehead atoms. The van der Waals surface area contributed by atoms with E-state index in [4.69, 9.17) is 21.3 Å². The number of ether oxygens (including phenoxy) is 1. The number of fused-ring (bicyclic) bond motifs is 1. The van der Waals surface area contributed by atoms with Gasteiger partial charge in [-0.1, -0.05) is 17.7 Å². The van der Waals surface area contributed by atoms with Crippen LogP contribution in [0, 0.1) is 6.92 Å². The van der Waals surface area contributed by atoms with Gasteiger partial charge in [-0.3, -0.25) is 9.78 Å². The van der Waals surface area contributed by atoms with E-state index >= 15 is 0 Å². The van der Waals surface area contributed by atoms with Gasteiger partial charge >= 0.3 is 0 Å². The highest BCUT2D eigenvalue weighted by atomic mass is 35.5. The van der Waals surface area contributed by atoms with E-state index < -0.39 is 0 Å². The second-order valence-corrected chi connectivity index (χ2v) is 8.75. The minimum Gasteiger partial charge on any atom is -0.497 e. The van der Waals surface area contributed by atoms with Gasteiger partial charge in [0.15, 0.2) is 0 Å². The van der Waals surface area contributed by atoms with Crippen LogP contribution in [-0.2, 0) is 0 Å². The van der Waals surface area contributed by atoms with Crippen molar-refractivity contribution < 1.29 is 9.53 Å². The first-order valence-electron chi connectivity index (χ1n) is 11.2. The Morgan fingerprint density at radius 1 is 1.03 bits per heavy atom. The normalized spacial score (nSPS) is 13.9. The average Bonchev–Trinajstić information content (AvgIpc) is 2.90. The molecule has 0 saturated carbocycles. The van der Waals surface area contributed by atoms with Gasteiger partial charge in [0, 0.05) is 60.2 Å². The first-order chi connectivity index (χ1) is 16.5. The molecule has 1 aliphatic heterocycles. The number of nitrogens with zero attached hydrogens (tertiary/aromatic N) is 4. The fraction of sp³-hybridized carbons (Fsp3) is 0.222. The van der Waals surface area contributed by atoms with Crippen molar-refractivity contribution in [2.45, 2.75) is 6.92 Å². The molecule has 2 aromatic carbocycles. The molecule has 1 aliphatic rings. The zero-order valence-electron chi connectivity index (χ0n) is 19.2. The van der Waals surface area contributed by atoms with Gasteiger partial charge in [0.1, 0.15) is 5.75 Å². The topological polar surface area (TPSA) is 58.6 Å². The summed E-state index contributed by atoms with van der Waals surface area (Å²) in [4.78, 5) is 27.0. The van der Waals surface area contributed by atoms with Crippen molar-refractivity contribution in [3.8, 4) is 17.0 Å². The van der Waals surface area contributed by atoms with E-state index in [2.05, 4.69) is 22.0 Å². The second kappa shape index (κ2) is 9.31. The fourth-order valence-corrected chi connectivity index (χ4v) is 4.53. The van der Waals surface area contributed by atoms with Crippen molar-refractivity contribution in [2.75, 3.05) is 38.2 Å². The Kier molecular flexibility index (Phi) is 6.07. The number of amides is 1. The molecule has 7 heteroatoms. The molecule has 2 aromatic heterocycles. The summed E-state index contributed by atoms with van der Waals surface area (Å²) in [6.07, 6.45) is 3.48. The molecule has 0 unspecified atom stereocenters. The Balaban J connectivity index is 1.45. The maximum Gasteiger partial charge on any atom is 0.254 e. The lowest BCUT2D eigenvalue weighted by Crippen LogP contribution is -2.48. The molecule has 0 N–H and O–H groups in total. The third kappa shape index (κ3) is 4.17. The molecule has 0 radical (unpaired) electrons. The highest BCUT2D eigenvalue weighted by molar-refractivity contribution is 6.32. The standard InChI is InChI=1S/C27H25ClN4O2/c1-18-24(28)10-9-22-23(16-25(30-26(18)22)19-4-3-11-29-17-19)27(33)32-14-12-31(13-15-32)20-5-7-21(34-2)8-6-20/h3-11,16-17H,12-15H2,1-2H3. The van der Waals surface area contributed by atoms with Gasteiger partial charge in [-0.25, -0.2) is 4.98 Å². The molecule has 1 fully saturated rings. The predicted octanol–water partition coefficient (Wildman–Crippen LogP) is 5.23. The van der Waals surface area contributed by atoms with E-state index in [0.29, 0.717) is 29.4 Å².